The molecule has 1 unspecified atom stereocenters. The summed E-state index contributed by atoms with van der Waals surface area (Å²) in [7, 11) is 0. The third-order valence-electron chi connectivity index (χ3n) is 4.68. The first-order valence-corrected chi connectivity index (χ1v) is 8.47. The SMILES string of the molecule is CCOC(=O)C1=C(C)OC(N)=C(C#N)C12C(=O)N(CC(N)=O)c1ccccc12. The lowest BCUT2D eigenvalue weighted by Gasteiger charge is -2.34. The topological polar surface area (TPSA) is 149 Å². The normalized spacial score (nSPS) is 20.8. The second-order valence-electron chi connectivity index (χ2n) is 6.23. The van der Waals surface area contributed by atoms with Crippen LogP contribution in [-0.2, 0) is 29.3 Å². The maximum absolute atomic E-state index is 13.6. The van der Waals surface area contributed by atoms with Crippen LogP contribution < -0.4 is 16.4 Å². The molecule has 9 nitrogen and oxygen atoms in total. The summed E-state index contributed by atoms with van der Waals surface area (Å²) in [4.78, 5) is 39.2. The van der Waals surface area contributed by atoms with Gasteiger partial charge in [-0.15, -0.1) is 0 Å². The van der Waals surface area contributed by atoms with Gasteiger partial charge in [0, 0.05) is 11.3 Å². The standard InChI is InChI=1S/C19H18N4O5/c1-3-27-17(25)15-10(2)28-16(22)12(8-20)19(15)11-6-4-5-7-13(11)23(18(19)26)9-14(21)24/h4-7H,3,9,22H2,1-2H3,(H2,21,24). The Morgan fingerprint density at radius 3 is 2.64 bits per heavy atom. The van der Waals surface area contributed by atoms with E-state index in [0.717, 1.165) is 4.90 Å². The second-order valence-corrected chi connectivity index (χ2v) is 6.23. The van der Waals surface area contributed by atoms with Crippen LogP contribution in [0.15, 0.2) is 47.1 Å². The number of esters is 1. The molecule has 2 aliphatic heterocycles. The van der Waals surface area contributed by atoms with E-state index in [1.54, 1.807) is 31.2 Å². The van der Waals surface area contributed by atoms with Gasteiger partial charge < -0.3 is 25.8 Å². The molecule has 144 valence electrons. The van der Waals surface area contributed by atoms with Crippen LogP contribution in [0.4, 0.5) is 5.69 Å². The van der Waals surface area contributed by atoms with Gasteiger partial charge in [0.05, 0.1) is 6.61 Å². The van der Waals surface area contributed by atoms with Crippen molar-refractivity contribution < 1.29 is 23.9 Å². The fourth-order valence-electron chi connectivity index (χ4n) is 3.73. The first-order chi connectivity index (χ1) is 13.3. The molecular formula is C19H18N4O5. The molecule has 28 heavy (non-hydrogen) atoms. The number of anilines is 1. The molecule has 1 aromatic rings. The zero-order valence-electron chi connectivity index (χ0n) is 15.3. The van der Waals surface area contributed by atoms with Gasteiger partial charge in [-0.3, -0.25) is 9.59 Å². The van der Waals surface area contributed by atoms with Crippen LogP contribution in [-0.4, -0.2) is 30.9 Å². The number of nitrogens with zero attached hydrogens (tertiary/aromatic N) is 2. The van der Waals surface area contributed by atoms with Crippen LogP contribution in [0.1, 0.15) is 19.4 Å². The van der Waals surface area contributed by atoms with Crippen LogP contribution in [0.5, 0.6) is 0 Å². The highest BCUT2D eigenvalue weighted by Gasteiger charge is 2.62. The lowest BCUT2D eigenvalue weighted by molar-refractivity contribution is -0.141. The number of ether oxygens (including phenoxy) is 2. The summed E-state index contributed by atoms with van der Waals surface area (Å²) in [5.41, 5.74) is 9.64. The first-order valence-electron chi connectivity index (χ1n) is 8.47. The highest BCUT2D eigenvalue weighted by Crippen LogP contribution is 2.53. The van der Waals surface area contributed by atoms with Gasteiger partial charge in [0.25, 0.3) is 0 Å². The van der Waals surface area contributed by atoms with E-state index in [0.29, 0.717) is 11.3 Å². The molecular weight excluding hydrogens is 364 g/mol. The highest BCUT2D eigenvalue weighted by atomic mass is 16.5. The maximum Gasteiger partial charge on any atom is 0.339 e. The van der Waals surface area contributed by atoms with Crippen molar-refractivity contribution in [3.8, 4) is 6.07 Å². The molecule has 2 heterocycles. The second kappa shape index (κ2) is 6.74. The van der Waals surface area contributed by atoms with E-state index < -0.39 is 29.7 Å². The van der Waals surface area contributed by atoms with Gasteiger partial charge in [0.1, 0.15) is 29.5 Å². The van der Waals surface area contributed by atoms with Crippen molar-refractivity contribution >= 4 is 23.5 Å². The average molecular weight is 382 g/mol. The first kappa shape index (κ1) is 19.0. The molecule has 2 amide bonds. The van der Waals surface area contributed by atoms with Crippen molar-refractivity contribution in [1.82, 2.24) is 0 Å². The summed E-state index contributed by atoms with van der Waals surface area (Å²) >= 11 is 0. The molecule has 0 aliphatic carbocycles. The van der Waals surface area contributed by atoms with Crippen molar-refractivity contribution in [2.45, 2.75) is 19.3 Å². The molecule has 0 bridgehead atoms. The summed E-state index contributed by atoms with van der Waals surface area (Å²) in [6.45, 7) is 2.70. The molecule has 0 saturated heterocycles. The third kappa shape index (κ3) is 2.42. The number of allylic oxidation sites excluding steroid dienone is 1. The van der Waals surface area contributed by atoms with Gasteiger partial charge >= 0.3 is 5.97 Å². The van der Waals surface area contributed by atoms with Gasteiger partial charge in [0.2, 0.25) is 17.7 Å². The number of carbonyl (C=O) groups is 3. The van der Waals surface area contributed by atoms with Gasteiger partial charge in [-0.2, -0.15) is 5.26 Å². The number of fused-ring (bicyclic) bond motifs is 2. The third-order valence-corrected chi connectivity index (χ3v) is 4.68. The Hall–Kier alpha value is -3.80. The van der Waals surface area contributed by atoms with E-state index in [1.807, 2.05) is 6.07 Å². The fraction of sp³-hybridized carbons (Fsp3) is 0.263. The number of hydrogen-bond donors (Lipinski definition) is 2. The Kier molecular flexibility index (Phi) is 4.56. The van der Waals surface area contributed by atoms with Gasteiger partial charge in [-0.05, 0) is 19.9 Å². The molecule has 1 spiro atoms. The van der Waals surface area contributed by atoms with Crippen LogP contribution in [0.3, 0.4) is 0 Å². The molecule has 2 aliphatic rings. The number of hydrogen-bond acceptors (Lipinski definition) is 7. The monoisotopic (exact) mass is 382 g/mol. The van der Waals surface area contributed by atoms with E-state index in [-0.39, 0.29) is 29.4 Å². The zero-order valence-corrected chi connectivity index (χ0v) is 15.3. The van der Waals surface area contributed by atoms with Crippen LogP contribution in [0.2, 0.25) is 0 Å². The molecule has 0 fully saturated rings. The number of carbonyl (C=O) groups excluding carboxylic acids is 3. The Labute approximate surface area is 160 Å². The molecule has 4 N–H and O–H groups in total. The molecule has 0 saturated carbocycles. The number of para-hydroxylation sites is 1. The minimum Gasteiger partial charge on any atom is -0.462 e. The highest BCUT2D eigenvalue weighted by molar-refractivity contribution is 6.19. The predicted octanol–water partition coefficient (Wildman–Crippen LogP) is 0.317. The van der Waals surface area contributed by atoms with Crippen LogP contribution >= 0.6 is 0 Å². The number of rotatable bonds is 4. The summed E-state index contributed by atoms with van der Waals surface area (Å²) < 4.78 is 10.5. The van der Waals surface area contributed by atoms with Gasteiger partial charge in [-0.1, -0.05) is 18.2 Å². The Bertz CT molecular complexity index is 1000. The number of nitrogens with two attached hydrogens (primary N) is 2. The van der Waals surface area contributed by atoms with Crippen molar-refractivity contribution in [2.75, 3.05) is 18.1 Å². The number of benzene rings is 1. The summed E-state index contributed by atoms with van der Waals surface area (Å²) in [5, 5.41) is 9.81. The van der Waals surface area contributed by atoms with Crippen molar-refractivity contribution in [1.29, 1.82) is 5.26 Å². The largest absolute Gasteiger partial charge is 0.462 e. The molecule has 3 rings (SSSR count). The van der Waals surface area contributed by atoms with Crippen molar-refractivity contribution in [2.24, 2.45) is 11.5 Å². The maximum atomic E-state index is 13.6. The van der Waals surface area contributed by atoms with Gasteiger partial charge in [-0.25, -0.2) is 4.79 Å². The van der Waals surface area contributed by atoms with E-state index in [4.69, 9.17) is 20.9 Å². The van der Waals surface area contributed by atoms with E-state index in [2.05, 4.69) is 0 Å². The van der Waals surface area contributed by atoms with Crippen LogP contribution in [0, 0.1) is 11.3 Å². The van der Waals surface area contributed by atoms with E-state index in [1.165, 1.54) is 6.92 Å². The molecule has 1 atom stereocenters. The molecule has 1 aromatic carbocycles. The summed E-state index contributed by atoms with van der Waals surface area (Å²) in [6.07, 6.45) is 0. The lowest BCUT2D eigenvalue weighted by atomic mass is 9.68. The Morgan fingerprint density at radius 1 is 1.36 bits per heavy atom. The molecule has 0 aromatic heterocycles. The Morgan fingerprint density at radius 2 is 2.04 bits per heavy atom. The quantitative estimate of drug-likeness (QED) is 0.712. The van der Waals surface area contributed by atoms with Crippen LogP contribution in [0.25, 0.3) is 0 Å². The predicted molar refractivity (Wildman–Crippen MR) is 96.9 cm³/mol. The number of nitriles is 1. The number of primary amides is 1. The van der Waals surface area contributed by atoms with Crippen molar-refractivity contribution in [3.05, 3.63) is 52.6 Å². The van der Waals surface area contributed by atoms with E-state index >= 15 is 0 Å². The summed E-state index contributed by atoms with van der Waals surface area (Å²) in [5.74, 6) is -2.51. The molecule has 9 heteroatoms. The Balaban J connectivity index is 2.40. The minimum atomic E-state index is -1.88. The summed E-state index contributed by atoms with van der Waals surface area (Å²) in [6, 6.07) is 8.42. The van der Waals surface area contributed by atoms with Crippen molar-refractivity contribution in [3.63, 3.8) is 0 Å². The average Bonchev–Trinajstić information content (AvgIpc) is 2.85. The fourth-order valence-corrected chi connectivity index (χ4v) is 3.73. The van der Waals surface area contributed by atoms with Gasteiger partial charge in [0.15, 0.2) is 5.41 Å². The smallest absolute Gasteiger partial charge is 0.339 e. The minimum absolute atomic E-state index is 0.0408. The van der Waals surface area contributed by atoms with E-state index in [9.17, 15) is 19.6 Å². The zero-order chi connectivity index (χ0) is 20.6. The lowest BCUT2D eigenvalue weighted by Crippen LogP contribution is -2.50. The molecule has 0 radical (unpaired) electrons. The number of amides is 2.